The summed E-state index contributed by atoms with van der Waals surface area (Å²) in [4.78, 5) is 0. The van der Waals surface area contributed by atoms with Crippen molar-refractivity contribution in [2.45, 2.75) is 18.8 Å². The molecule has 4 heteroatoms. The lowest BCUT2D eigenvalue weighted by molar-refractivity contribution is -0.0572. The predicted octanol–water partition coefficient (Wildman–Crippen LogP) is -1.47. The molecule has 0 amide bonds. The van der Waals surface area contributed by atoms with Crippen LogP contribution < -0.4 is 11.5 Å². The third-order valence-electron chi connectivity index (χ3n) is 1.09. The van der Waals surface area contributed by atoms with Gasteiger partial charge in [-0.2, -0.15) is 0 Å². The highest BCUT2D eigenvalue weighted by Gasteiger charge is 2.07. The van der Waals surface area contributed by atoms with Crippen molar-refractivity contribution >= 4 is 0 Å². The van der Waals surface area contributed by atoms with Crippen molar-refractivity contribution in [2.75, 3.05) is 6.54 Å². The Morgan fingerprint density at radius 3 is 2.30 bits per heavy atom. The number of aliphatic hydroxyl groups excluding tert-OH is 1. The van der Waals surface area contributed by atoms with Crippen LogP contribution >= 0.6 is 0 Å². The monoisotopic (exact) mass is 146 g/mol. The van der Waals surface area contributed by atoms with Crippen LogP contribution in [0.25, 0.3) is 0 Å². The maximum Gasteiger partial charge on any atom is 0.167 e. The highest BCUT2D eigenvalue weighted by molar-refractivity contribution is 4.86. The normalized spacial score (nSPS) is 14.9. The summed E-state index contributed by atoms with van der Waals surface area (Å²) in [6.45, 7) is 0.453. The number of hydrogen-bond donors (Lipinski definition) is 4. The molecule has 0 aromatic carbocycles. The fraction of sp³-hybridized carbons (Fsp3) is 0.667. The number of rotatable bonds is 4. The minimum atomic E-state index is -1.44. The van der Waals surface area contributed by atoms with E-state index in [0.717, 1.165) is 0 Å². The second-order valence-corrected chi connectivity index (χ2v) is 2.02. The van der Waals surface area contributed by atoms with Crippen LogP contribution in [0, 0.1) is 0 Å². The average molecular weight is 146 g/mol. The highest BCUT2D eigenvalue weighted by atomic mass is 16.5. The van der Waals surface area contributed by atoms with Gasteiger partial charge in [0.05, 0.1) is 6.04 Å². The molecule has 4 nitrogen and oxygen atoms in total. The highest BCUT2D eigenvalue weighted by Crippen LogP contribution is 1.92. The lowest BCUT2D eigenvalue weighted by Crippen LogP contribution is -2.33. The largest absolute Gasteiger partial charge is 0.367 e. The molecule has 0 bridgehead atoms. The van der Waals surface area contributed by atoms with E-state index < -0.39 is 12.3 Å². The Kier molecular flexibility index (Phi) is 5.15. The molecule has 0 saturated carbocycles. The summed E-state index contributed by atoms with van der Waals surface area (Å²) in [5.41, 5.74) is 10.4. The smallest absolute Gasteiger partial charge is 0.167 e. The molecule has 0 aliphatic rings. The Labute approximate surface area is 60.1 Å². The number of nitrogens with two attached hydrogens (primary N) is 2. The molecule has 1 atom stereocenters. The summed E-state index contributed by atoms with van der Waals surface area (Å²) in [6.07, 6.45) is 2.45. The Hall–Kier alpha value is -0.420. The van der Waals surface area contributed by atoms with Crippen LogP contribution in [-0.4, -0.2) is 29.1 Å². The Balaban J connectivity index is 3.38. The van der Waals surface area contributed by atoms with E-state index >= 15 is 0 Å². The minimum absolute atomic E-state index is 0.439. The van der Waals surface area contributed by atoms with E-state index in [2.05, 4.69) is 0 Å². The molecule has 0 saturated heterocycles. The van der Waals surface area contributed by atoms with E-state index in [9.17, 15) is 0 Å². The van der Waals surface area contributed by atoms with Gasteiger partial charge in [-0.15, -0.1) is 0 Å². The molecule has 0 aromatic rings. The molecule has 0 aliphatic heterocycles. The molecule has 1 unspecified atom stereocenters. The lowest BCUT2D eigenvalue weighted by Gasteiger charge is -2.09. The van der Waals surface area contributed by atoms with Gasteiger partial charge in [0.2, 0.25) is 0 Å². The van der Waals surface area contributed by atoms with Gasteiger partial charge in [0.1, 0.15) is 0 Å². The molecule has 0 fully saturated rings. The van der Waals surface area contributed by atoms with Crippen molar-refractivity contribution in [1.29, 1.82) is 0 Å². The molecule has 60 valence electrons. The number of aliphatic hydroxyl groups is 2. The van der Waals surface area contributed by atoms with Gasteiger partial charge in [0.25, 0.3) is 0 Å². The molecule has 6 N–H and O–H groups in total. The Morgan fingerprint density at radius 1 is 1.30 bits per heavy atom. The van der Waals surface area contributed by atoms with Gasteiger partial charge in [-0.1, -0.05) is 12.2 Å². The second-order valence-electron chi connectivity index (χ2n) is 2.02. The fourth-order valence-corrected chi connectivity index (χ4v) is 0.471. The molecular weight excluding hydrogens is 132 g/mol. The molecule has 0 radical (unpaired) electrons. The zero-order valence-electron chi connectivity index (χ0n) is 5.77. The summed E-state index contributed by atoms with van der Waals surface area (Å²) < 4.78 is 0. The van der Waals surface area contributed by atoms with Crippen LogP contribution in [0.4, 0.5) is 0 Å². The van der Waals surface area contributed by atoms with Crippen molar-refractivity contribution in [2.24, 2.45) is 11.5 Å². The van der Waals surface area contributed by atoms with Crippen molar-refractivity contribution in [3.8, 4) is 0 Å². The van der Waals surface area contributed by atoms with Gasteiger partial charge in [-0.25, -0.2) is 0 Å². The minimum Gasteiger partial charge on any atom is -0.367 e. The Morgan fingerprint density at radius 2 is 1.90 bits per heavy atom. The van der Waals surface area contributed by atoms with Gasteiger partial charge < -0.3 is 21.7 Å². The van der Waals surface area contributed by atoms with Crippen LogP contribution in [0.5, 0.6) is 0 Å². The number of hydrogen-bond acceptors (Lipinski definition) is 4. The van der Waals surface area contributed by atoms with Gasteiger partial charge in [0, 0.05) is 6.54 Å². The first kappa shape index (κ1) is 9.58. The summed E-state index contributed by atoms with van der Waals surface area (Å²) in [6, 6.07) is -0.609. The van der Waals surface area contributed by atoms with Gasteiger partial charge in [0.15, 0.2) is 6.29 Å². The average Bonchev–Trinajstić information content (AvgIpc) is 1.88. The first-order chi connectivity index (χ1) is 4.68. The molecule has 0 heterocycles. The topological polar surface area (TPSA) is 92.5 Å². The molecule has 10 heavy (non-hydrogen) atoms. The van der Waals surface area contributed by atoms with Crippen molar-refractivity contribution in [1.82, 2.24) is 0 Å². The van der Waals surface area contributed by atoms with Crippen molar-refractivity contribution < 1.29 is 10.2 Å². The lowest BCUT2D eigenvalue weighted by atomic mass is 10.2. The van der Waals surface area contributed by atoms with Crippen LogP contribution in [-0.2, 0) is 0 Å². The van der Waals surface area contributed by atoms with Crippen molar-refractivity contribution in [3.63, 3.8) is 0 Å². The predicted molar refractivity (Wildman–Crippen MR) is 39.0 cm³/mol. The third-order valence-corrected chi connectivity index (χ3v) is 1.09. The van der Waals surface area contributed by atoms with Crippen LogP contribution in [0.2, 0.25) is 0 Å². The summed E-state index contributed by atoms with van der Waals surface area (Å²) in [5, 5.41) is 17.0. The standard InChI is InChI=1S/C6H14N2O2/c7-4-2-1-3-5(8)6(9)10/h1-2,5-6,9-10H,3-4,7-8H2/b2-1+. The first-order valence-electron chi connectivity index (χ1n) is 3.15. The third kappa shape index (κ3) is 4.46. The zero-order chi connectivity index (χ0) is 7.98. The first-order valence-corrected chi connectivity index (χ1v) is 3.15. The van der Waals surface area contributed by atoms with E-state index in [1.54, 1.807) is 12.2 Å². The molecule has 0 aliphatic carbocycles. The molecule has 0 aromatic heterocycles. The maximum atomic E-state index is 8.49. The molecule has 0 spiro atoms. The molecule has 0 rings (SSSR count). The van der Waals surface area contributed by atoms with Crippen LogP contribution in [0.3, 0.4) is 0 Å². The second kappa shape index (κ2) is 5.37. The summed E-state index contributed by atoms with van der Waals surface area (Å²) in [5.74, 6) is 0. The van der Waals surface area contributed by atoms with E-state index in [-0.39, 0.29) is 0 Å². The van der Waals surface area contributed by atoms with Crippen molar-refractivity contribution in [3.05, 3.63) is 12.2 Å². The fourth-order valence-electron chi connectivity index (χ4n) is 0.471. The quantitative estimate of drug-likeness (QED) is 0.288. The van der Waals surface area contributed by atoms with Gasteiger partial charge in [-0.3, -0.25) is 0 Å². The zero-order valence-corrected chi connectivity index (χ0v) is 5.77. The maximum absolute atomic E-state index is 8.49. The van der Waals surface area contributed by atoms with Gasteiger partial charge in [-0.05, 0) is 6.42 Å². The van der Waals surface area contributed by atoms with E-state index in [1.807, 2.05) is 0 Å². The Bertz CT molecular complexity index is 104. The van der Waals surface area contributed by atoms with E-state index in [0.29, 0.717) is 13.0 Å². The summed E-state index contributed by atoms with van der Waals surface area (Å²) >= 11 is 0. The van der Waals surface area contributed by atoms with Crippen LogP contribution in [0.1, 0.15) is 6.42 Å². The summed E-state index contributed by atoms with van der Waals surface area (Å²) in [7, 11) is 0. The SMILES string of the molecule is NC/C=C/CC(N)C(O)O. The van der Waals surface area contributed by atoms with E-state index in [4.69, 9.17) is 21.7 Å². The van der Waals surface area contributed by atoms with E-state index in [1.165, 1.54) is 0 Å². The molecular formula is C6H14N2O2. The van der Waals surface area contributed by atoms with Crippen LogP contribution in [0.15, 0.2) is 12.2 Å². The van der Waals surface area contributed by atoms with Gasteiger partial charge >= 0.3 is 0 Å².